The van der Waals surface area contributed by atoms with Crippen LogP contribution in [0.1, 0.15) is 28.6 Å². The van der Waals surface area contributed by atoms with E-state index in [1.54, 1.807) is 25.1 Å². The monoisotopic (exact) mass is 400 g/mol. The molecular formula is C24H20N2O4. The second-order valence-corrected chi connectivity index (χ2v) is 6.92. The number of benzene rings is 2. The highest BCUT2D eigenvalue weighted by molar-refractivity contribution is 6.32. The number of anilines is 1. The molecule has 1 aromatic heterocycles. The van der Waals surface area contributed by atoms with Crippen LogP contribution in [0.2, 0.25) is 0 Å². The van der Waals surface area contributed by atoms with Crippen LogP contribution in [0.5, 0.6) is 0 Å². The molecule has 3 aromatic rings. The number of rotatable bonds is 4. The van der Waals surface area contributed by atoms with Crippen molar-refractivity contribution in [2.24, 2.45) is 5.10 Å². The van der Waals surface area contributed by atoms with E-state index in [1.807, 2.05) is 55.5 Å². The second kappa shape index (κ2) is 7.83. The molecule has 150 valence electrons. The highest BCUT2D eigenvalue weighted by Gasteiger charge is 2.29. The van der Waals surface area contributed by atoms with E-state index >= 15 is 0 Å². The highest BCUT2D eigenvalue weighted by atomic mass is 16.5. The van der Waals surface area contributed by atoms with Gasteiger partial charge in [0, 0.05) is 5.56 Å². The van der Waals surface area contributed by atoms with Gasteiger partial charge in [0.05, 0.1) is 29.6 Å². The molecule has 0 aliphatic carbocycles. The molecule has 0 radical (unpaired) electrons. The quantitative estimate of drug-likeness (QED) is 0.464. The Kier molecular flexibility index (Phi) is 5.06. The predicted molar refractivity (Wildman–Crippen MR) is 115 cm³/mol. The molecule has 0 saturated carbocycles. The van der Waals surface area contributed by atoms with Crippen molar-refractivity contribution in [3.8, 4) is 11.3 Å². The van der Waals surface area contributed by atoms with Crippen LogP contribution < -0.4 is 5.01 Å². The Hall–Kier alpha value is -3.93. The number of esters is 1. The van der Waals surface area contributed by atoms with Crippen LogP contribution in [0.4, 0.5) is 5.69 Å². The van der Waals surface area contributed by atoms with Gasteiger partial charge >= 0.3 is 5.97 Å². The molecule has 0 N–H and O–H groups in total. The van der Waals surface area contributed by atoms with Crippen molar-refractivity contribution in [3.63, 3.8) is 0 Å². The Labute approximate surface area is 174 Å². The number of aryl methyl sites for hydroxylation is 1. The lowest BCUT2D eigenvalue weighted by molar-refractivity contribution is -0.114. The molecule has 0 fully saturated rings. The number of carbonyl (C=O) groups excluding carboxylic acids is 2. The van der Waals surface area contributed by atoms with Crippen LogP contribution in [-0.2, 0) is 9.53 Å². The maximum absolute atomic E-state index is 12.8. The number of hydrazone groups is 1. The molecule has 0 saturated heterocycles. The second-order valence-electron chi connectivity index (χ2n) is 6.92. The zero-order valence-electron chi connectivity index (χ0n) is 16.9. The van der Waals surface area contributed by atoms with Gasteiger partial charge in [-0.25, -0.2) is 4.79 Å². The average molecular weight is 400 g/mol. The van der Waals surface area contributed by atoms with Crippen LogP contribution in [0.3, 0.4) is 0 Å². The van der Waals surface area contributed by atoms with Gasteiger partial charge in [-0.3, -0.25) is 4.79 Å². The molecule has 30 heavy (non-hydrogen) atoms. The first-order valence-electron chi connectivity index (χ1n) is 9.44. The molecule has 2 heterocycles. The molecule has 0 spiro atoms. The molecule has 1 aliphatic heterocycles. The van der Waals surface area contributed by atoms with Gasteiger partial charge in [0.15, 0.2) is 0 Å². The largest absolute Gasteiger partial charge is 0.465 e. The van der Waals surface area contributed by atoms with Gasteiger partial charge in [0.25, 0.3) is 5.91 Å². The number of para-hydroxylation sites is 1. The Morgan fingerprint density at radius 3 is 2.53 bits per heavy atom. The van der Waals surface area contributed by atoms with Gasteiger partial charge < -0.3 is 9.15 Å². The number of furan rings is 1. The third-order valence-corrected chi connectivity index (χ3v) is 4.89. The summed E-state index contributed by atoms with van der Waals surface area (Å²) in [6.45, 7) is 3.70. The number of hydrogen-bond acceptors (Lipinski definition) is 5. The van der Waals surface area contributed by atoms with Crippen molar-refractivity contribution >= 4 is 29.4 Å². The number of amides is 1. The summed E-state index contributed by atoms with van der Waals surface area (Å²) in [5.74, 6) is 0.618. The van der Waals surface area contributed by atoms with Crippen molar-refractivity contribution < 1.29 is 18.7 Å². The molecule has 1 amide bonds. The minimum Gasteiger partial charge on any atom is -0.465 e. The fourth-order valence-corrected chi connectivity index (χ4v) is 3.33. The summed E-state index contributed by atoms with van der Waals surface area (Å²) in [7, 11) is 1.35. The van der Waals surface area contributed by atoms with Crippen LogP contribution >= 0.6 is 0 Å². The van der Waals surface area contributed by atoms with Crippen LogP contribution in [0, 0.1) is 6.92 Å². The standard InChI is InChI=1S/C24H20N2O4/c1-15-13-17(24(28)29-3)9-11-20(15)22-12-10-19(30-22)14-21-16(2)25-26(23(21)27)18-7-5-4-6-8-18/h4-14H,1-3H3. The minimum absolute atomic E-state index is 0.199. The summed E-state index contributed by atoms with van der Waals surface area (Å²) in [4.78, 5) is 24.5. The molecule has 0 atom stereocenters. The van der Waals surface area contributed by atoms with Crippen molar-refractivity contribution in [2.75, 3.05) is 12.1 Å². The summed E-state index contributed by atoms with van der Waals surface area (Å²) in [5, 5.41) is 5.77. The SMILES string of the molecule is COC(=O)c1ccc(-c2ccc(C=C3C(=O)N(c4ccccc4)N=C3C)o2)c(C)c1. The molecule has 0 bridgehead atoms. The zero-order chi connectivity index (χ0) is 21.3. The summed E-state index contributed by atoms with van der Waals surface area (Å²) < 4.78 is 10.7. The van der Waals surface area contributed by atoms with Gasteiger partial charge in [-0.15, -0.1) is 0 Å². The van der Waals surface area contributed by atoms with Crippen molar-refractivity contribution in [3.05, 3.63) is 83.1 Å². The fourth-order valence-electron chi connectivity index (χ4n) is 3.33. The van der Waals surface area contributed by atoms with E-state index < -0.39 is 0 Å². The third kappa shape index (κ3) is 3.55. The number of carbonyl (C=O) groups is 2. The highest BCUT2D eigenvalue weighted by Crippen LogP contribution is 2.29. The molecular weight excluding hydrogens is 380 g/mol. The first-order chi connectivity index (χ1) is 14.5. The van der Waals surface area contributed by atoms with Crippen molar-refractivity contribution in [2.45, 2.75) is 13.8 Å². The predicted octanol–water partition coefficient (Wildman–Crippen LogP) is 4.85. The van der Waals surface area contributed by atoms with Crippen LogP contribution in [-0.4, -0.2) is 24.7 Å². The summed E-state index contributed by atoms with van der Waals surface area (Å²) >= 11 is 0. The van der Waals surface area contributed by atoms with Gasteiger partial charge in [-0.2, -0.15) is 10.1 Å². The Bertz CT molecular complexity index is 1190. The topological polar surface area (TPSA) is 72.1 Å². The number of nitrogens with zero attached hydrogens (tertiary/aromatic N) is 2. The molecule has 6 nitrogen and oxygen atoms in total. The first kappa shape index (κ1) is 19.4. The molecule has 4 rings (SSSR count). The molecule has 1 aliphatic rings. The van der Waals surface area contributed by atoms with E-state index in [1.165, 1.54) is 12.1 Å². The van der Waals surface area contributed by atoms with Crippen LogP contribution in [0.25, 0.3) is 17.4 Å². The van der Waals surface area contributed by atoms with Crippen molar-refractivity contribution in [1.82, 2.24) is 0 Å². The number of hydrogen-bond donors (Lipinski definition) is 0. The third-order valence-electron chi connectivity index (χ3n) is 4.89. The minimum atomic E-state index is -0.382. The molecule has 2 aromatic carbocycles. The van der Waals surface area contributed by atoms with Gasteiger partial charge in [-0.05, 0) is 61.9 Å². The van der Waals surface area contributed by atoms with Crippen LogP contribution in [0.15, 0.2) is 75.8 Å². The maximum Gasteiger partial charge on any atom is 0.337 e. The fraction of sp³-hybridized carbons (Fsp3) is 0.125. The lowest BCUT2D eigenvalue weighted by Crippen LogP contribution is -2.21. The first-order valence-corrected chi connectivity index (χ1v) is 9.44. The number of methoxy groups -OCH3 is 1. The normalized spacial score (nSPS) is 14.9. The Balaban J connectivity index is 1.61. The van der Waals surface area contributed by atoms with E-state index in [4.69, 9.17) is 9.15 Å². The zero-order valence-corrected chi connectivity index (χ0v) is 16.9. The summed E-state index contributed by atoms with van der Waals surface area (Å²) in [5.41, 5.74) is 4.06. The summed E-state index contributed by atoms with van der Waals surface area (Å²) in [6, 6.07) is 18.2. The maximum atomic E-state index is 12.8. The lowest BCUT2D eigenvalue weighted by Gasteiger charge is -2.10. The van der Waals surface area contributed by atoms with Crippen molar-refractivity contribution in [1.29, 1.82) is 0 Å². The number of ether oxygens (including phenoxy) is 1. The Morgan fingerprint density at radius 2 is 1.83 bits per heavy atom. The summed E-state index contributed by atoms with van der Waals surface area (Å²) in [6.07, 6.45) is 1.70. The van der Waals surface area contributed by atoms with E-state index in [-0.39, 0.29) is 11.9 Å². The lowest BCUT2D eigenvalue weighted by atomic mass is 10.0. The van der Waals surface area contributed by atoms with Gasteiger partial charge in [-0.1, -0.05) is 24.3 Å². The van der Waals surface area contributed by atoms with E-state index in [0.29, 0.717) is 34.1 Å². The molecule has 6 heteroatoms. The average Bonchev–Trinajstić information content (AvgIpc) is 3.33. The smallest absolute Gasteiger partial charge is 0.337 e. The van der Waals surface area contributed by atoms with E-state index in [0.717, 1.165) is 11.1 Å². The Morgan fingerprint density at radius 1 is 1.07 bits per heavy atom. The van der Waals surface area contributed by atoms with E-state index in [2.05, 4.69) is 5.10 Å². The van der Waals surface area contributed by atoms with E-state index in [9.17, 15) is 9.59 Å². The molecule has 0 unspecified atom stereocenters. The van der Waals surface area contributed by atoms with Gasteiger partial charge in [0.1, 0.15) is 11.5 Å². The van der Waals surface area contributed by atoms with Gasteiger partial charge in [0.2, 0.25) is 0 Å².